The second kappa shape index (κ2) is 4.71. The first-order valence-electron chi connectivity index (χ1n) is 6.85. The summed E-state index contributed by atoms with van der Waals surface area (Å²) >= 11 is 6.16. The van der Waals surface area contributed by atoms with Crippen molar-refractivity contribution in [3.63, 3.8) is 0 Å². The maximum Gasteiger partial charge on any atom is 0.320 e. The molecule has 1 aliphatic heterocycles. The fraction of sp³-hybridized carbons (Fsp3) is 0.600. The van der Waals surface area contributed by atoms with E-state index in [1.54, 1.807) is 0 Å². The normalized spacial score (nSPS) is 31.6. The summed E-state index contributed by atoms with van der Waals surface area (Å²) in [6, 6.07) is 2.04. The molecule has 0 aromatic carbocycles. The van der Waals surface area contributed by atoms with Crippen LogP contribution in [-0.4, -0.2) is 30.8 Å². The molecule has 0 bridgehead atoms. The van der Waals surface area contributed by atoms with Crippen LogP contribution in [-0.2, 0) is 26.1 Å². The second-order valence-electron chi connectivity index (χ2n) is 5.84. The second-order valence-corrected chi connectivity index (χ2v) is 6.20. The number of rotatable bonds is 1. The number of hydrogen-bond donors (Lipinski definition) is 0. The first-order chi connectivity index (χ1) is 9.48. The molecule has 0 spiro atoms. The number of aromatic nitrogens is 1. The first-order valence-corrected chi connectivity index (χ1v) is 7.22. The highest BCUT2D eigenvalue weighted by Crippen LogP contribution is 2.46. The third-order valence-corrected chi connectivity index (χ3v) is 4.98. The fourth-order valence-corrected chi connectivity index (χ4v) is 3.71. The topological polar surface area (TPSA) is 48.4 Å². The van der Waals surface area contributed by atoms with Crippen molar-refractivity contribution in [2.75, 3.05) is 13.7 Å². The Labute approximate surface area is 123 Å². The summed E-state index contributed by atoms with van der Waals surface area (Å²) in [6.45, 7) is 4.48. The molecule has 0 amide bonds. The van der Waals surface area contributed by atoms with Crippen LogP contribution < -0.4 is 0 Å². The first kappa shape index (κ1) is 13.8. The van der Waals surface area contributed by atoms with E-state index in [2.05, 4.69) is 4.98 Å². The van der Waals surface area contributed by atoms with Crippen LogP contribution in [0.1, 0.15) is 30.2 Å². The third kappa shape index (κ3) is 1.78. The molecule has 1 aromatic heterocycles. The van der Waals surface area contributed by atoms with E-state index in [1.165, 1.54) is 7.11 Å². The minimum Gasteiger partial charge on any atom is -0.468 e. The van der Waals surface area contributed by atoms with E-state index in [1.807, 2.05) is 19.9 Å². The van der Waals surface area contributed by atoms with Gasteiger partial charge in [-0.25, -0.2) is 4.98 Å². The molecule has 1 aromatic rings. The van der Waals surface area contributed by atoms with Gasteiger partial charge < -0.3 is 9.47 Å². The predicted octanol–water partition coefficient (Wildman–Crippen LogP) is 2.44. The number of carbonyl (C=O) groups is 1. The van der Waals surface area contributed by atoms with E-state index in [0.717, 1.165) is 24.0 Å². The molecular formula is C15H18ClNO3. The van der Waals surface area contributed by atoms with Gasteiger partial charge in [0.15, 0.2) is 0 Å². The molecule has 2 aliphatic rings. The zero-order chi connectivity index (χ0) is 14.5. The summed E-state index contributed by atoms with van der Waals surface area (Å²) < 4.78 is 10.9. The van der Waals surface area contributed by atoms with Crippen molar-refractivity contribution in [3.8, 4) is 0 Å². The SMILES string of the molecule is COC(=O)[C@]1(C)c2nc(Cl)c(C)cc2C[C@H]2CCO[C@H]21. The monoisotopic (exact) mass is 295 g/mol. The Bertz CT molecular complexity index is 574. The van der Waals surface area contributed by atoms with Gasteiger partial charge in [0.25, 0.3) is 0 Å². The molecule has 108 valence electrons. The van der Waals surface area contributed by atoms with Crippen molar-refractivity contribution in [3.05, 3.63) is 28.0 Å². The van der Waals surface area contributed by atoms with Gasteiger partial charge in [0.05, 0.1) is 18.9 Å². The summed E-state index contributed by atoms with van der Waals surface area (Å²) in [6.07, 6.45) is 1.68. The molecule has 4 nitrogen and oxygen atoms in total. The molecule has 3 atom stereocenters. The van der Waals surface area contributed by atoms with Crippen molar-refractivity contribution >= 4 is 17.6 Å². The van der Waals surface area contributed by atoms with E-state index >= 15 is 0 Å². The van der Waals surface area contributed by atoms with Crippen molar-refractivity contribution in [2.24, 2.45) is 5.92 Å². The quantitative estimate of drug-likeness (QED) is 0.590. The number of halogens is 1. The van der Waals surface area contributed by atoms with E-state index in [-0.39, 0.29) is 12.1 Å². The highest BCUT2D eigenvalue weighted by atomic mass is 35.5. The summed E-state index contributed by atoms with van der Waals surface area (Å²) in [7, 11) is 1.40. The molecule has 5 heteroatoms. The van der Waals surface area contributed by atoms with Gasteiger partial charge in [-0.2, -0.15) is 0 Å². The largest absolute Gasteiger partial charge is 0.468 e. The number of fused-ring (bicyclic) bond motifs is 2. The summed E-state index contributed by atoms with van der Waals surface area (Å²) in [5.41, 5.74) is 1.87. The van der Waals surface area contributed by atoms with Gasteiger partial charge in [-0.15, -0.1) is 0 Å². The maximum absolute atomic E-state index is 12.4. The van der Waals surface area contributed by atoms with Crippen molar-refractivity contribution < 1.29 is 14.3 Å². The molecule has 3 rings (SSSR count). The van der Waals surface area contributed by atoms with Gasteiger partial charge in [0.2, 0.25) is 0 Å². The molecule has 2 heterocycles. The predicted molar refractivity (Wildman–Crippen MR) is 74.9 cm³/mol. The van der Waals surface area contributed by atoms with E-state index in [9.17, 15) is 4.79 Å². The number of nitrogens with zero attached hydrogens (tertiary/aromatic N) is 1. The van der Waals surface area contributed by atoms with E-state index in [0.29, 0.717) is 23.4 Å². The minimum absolute atomic E-state index is 0.172. The highest BCUT2D eigenvalue weighted by molar-refractivity contribution is 6.30. The molecular weight excluding hydrogens is 278 g/mol. The number of ether oxygens (including phenoxy) is 2. The molecule has 1 saturated heterocycles. The molecule has 1 aliphatic carbocycles. The smallest absolute Gasteiger partial charge is 0.320 e. The Morgan fingerprint density at radius 3 is 3.05 bits per heavy atom. The molecule has 0 N–H and O–H groups in total. The highest BCUT2D eigenvalue weighted by Gasteiger charge is 2.55. The summed E-state index contributed by atoms with van der Waals surface area (Å²) in [5, 5.41) is 0.440. The Morgan fingerprint density at radius 1 is 1.60 bits per heavy atom. The lowest BCUT2D eigenvalue weighted by Gasteiger charge is -2.40. The van der Waals surface area contributed by atoms with Crippen molar-refractivity contribution in [1.29, 1.82) is 0 Å². The number of aryl methyl sites for hydroxylation is 1. The van der Waals surface area contributed by atoms with Gasteiger partial charge in [0.1, 0.15) is 10.6 Å². The lowest BCUT2D eigenvalue weighted by Crippen LogP contribution is -2.52. The van der Waals surface area contributed by atoms with Crippen molar-refractivity contribution in [2.45, 2.75) is 38.2 Å². The number of methoxy groups -OCH3 is 1. The van der Waals surface area contributed by atoms with Crippen LogP contribution in [0.15, 0.2) is 6.07 Å². The lowest BCUT2D eigenvalue weighted by atomic mass is 9.67. The van der Waals surface area contributed by atoms with Gasteiger partial charge >= 0.3 is 5.97 Å². The van der Waals surface area contributed by atoms with Gasteiger partial charge in [-0.3, -0.25) is 4.79 Å². The zero-order valence-corrected chi connectivity index (χ0v) is 12.7. The number of carbonyl (C=O) groups excluding carboxylic acids is 1. The van der Waals surface area contributed by atoms with Crippen LogP contribution in [0.25, 0.3) is 0 Å². The van der Waals surface area contributed by atoms with Crippen LogP contribution in [0.5, 0.6) is 0 Å². The van der Waals surface area contributed by atoms with Crippen LogP contribution >= 0.6 is 11.6 Å². The van der Waals surface area contributed by atoms with Crippen LogP contribution in [0.4, 0.5) is 0 Å². The van der Waals surface area contributed by atoms with E-state index < -0.39 is 5.41 Å². The average Bonchev–Trinajstić information content (AvgIpc) is 2.89. The molecule has 1 fully saturated rings. The Kier molecular flexibility index (Phi) is 3.26. The number of pyridine rings is 1. The molecule has 20 heavy (non-hydrogen) atoms. The molecule has 0 saturated carbocycles. The van der Waals surface area contributed by atoms with Crippen LogP contribution in [0, 0.1) is 12.8 Å². The maximum atomic E-state index is 12.4. The van der Waals surface area contributed by atoms with Crippen LogP contribution in [0.2, 0.25) is 5.15 Å². The van der Waals surface area contributed by atoms with E-state index in [4.69, 9.17) is 21.1 Å². The third-order valence-electron chi connectivity index (χ3n) is 4.60. The summed E-state index contributed by atoms with van der Waals surface area (Å²) in [5.74, 6) is 0.0387. The molecule has 0 radical (unpaired) electrons. The average molecular weight is 296 g/mol. The Hall–Kier alpha value is -1.13. The Balaban J connectivity index is 2.21. The minimum atomic E-state index is -0.874. The zero-order valence-electron chi connectivity index (χ0n) is 11.9. The number of hydrogen-bond acceptors (Lipinski definition) is 4. The standard InChI is InChI=1S/C15H18ClNO3/c1-8-6-10-7-9-4-5-20-12(9)15(2,14(18)19-3)11(10)17-13(8)16/h6,9,12H,4-5,7H2,1-3H3/t9-,12-,15-/m1/s1. The Morgan fingerprint density at radius 2 is 2.35 bits per heavy atom. The fourth-order valence-electron chi connectivity index (χ4n) is 3.58. The van der Waals surface area contributed by atoms with Gasteiger partial charge in [-0.05, 0) is 43.7 Å². The molecule has 0 unspecified atom stereocenters. The van der Waals surface area contributed by atoms with Crippen molar-refractivity contribution in [1.82, 2.24) is 4.98 Å². The lowest BCUT2D eigenvalue weighted by molar-refractivity contribution is -0.154. The van der Waals surface area contributed by atoms with Gasteiger partial charge in [-0.1, -0.05) is 17.7 Å². The number of esters is 1. The van der Waals surface area contributed by atoms with Gasteiger partial charge in [0, 0.05) is 6.61 Å². The summed E-state index contributed by atoms with van der Waals surface area (Å²) in [4.78, 5) is 16.9. The van der Waals surface area contributed by atoms with Crippen LogP contribution in [0.3, 0.4) is 0 Å².